The molecule has 0 aliphatic rings. The summed E-state index contributed by atoms with van der Waals surface area (Å²) in [6.07, 6.45) is 3.08. The van der Waals surface area contributed by atoms with Gasteiger partial charge in [0.15, 0.2) is 5.49 Å². The lowest BCUT2D eigenvalue weighted by Gasteiger charge is -2.13. The van der Waals surface area contributed by atoms with E-state index < -0.39 is 11.7 Å². The van der Waals surface area contributed by atoms with E-state index in [0.29, 0.717) is 11.4 Å². The monoisotopic (exact) mass is 453 g/mol. The van der Waals surface area contributed by atoms with Crippen LogP contribution in [-0.4, -0.2) is 19.9 Å². The van der Waals surface area contributed by atoms with Crippen molar-refractivity contribution >= 4 is 22.6 Å². The van der Waals surface area contributed by atoms with Gasteiger partial charge in [-0.1, -0.05) is 18.2 Å². The first kappa shape index (κ1) is 21.0. The third-order valence-electron chi connectivity index (χ3n) is 5.43. The summed E-state index contributed by atoms with van der Waals surface area (Å²) in [7, 11) is 0. The van der Waals surface area contributed by atoms with Gasteiger partial charge in [-0.2, -0.15) is 10.3 Å². The van der Waals surface area contributed by atoms with Crippen molar-refractivity contribution in [3.05, 3.63) is 111 Å². The second-order valence-electron chi connectivity index (χ2n) is 7.59. The second-order valence-corrected chi connectivity index (χ2v) is 7.59. The van der Waals surface area contributed by atoms with E-state index >= 15 is 0 Å². The number of fused-ring (bicyclic) bond motifs is 2. The summed E-state index contributed by atoms with van der Waals surface area (Å²) < 4.78 is 22.6. The fraction of sp³-hybridized carbons (Fsp3) is 0.0800. The Morgan fingerprint density at radius 2 is 2.00 bits per heavy atom. The molecule has 0 saturated carbocycles. The minimum atomic E-state index is -0.865. The molecule has 5 rings (SSSR count). The van der Waals surface area contributed by atoms with Gasteiger partial charge in [0.25, 0.3) is 11.5 Å². The van der Waals surface area contributed by atoms with Crippen molar-refractivity contribution in [2.75, 3.05) is 0 Å². The molecule has 4 aromatic heterocycles. The van der Waals surface area contributed by atoms with Crippen molar-refractivity contribution in [3.8, 4) is 6.07 Å². The Labute approximate surface area is 191 Å². The van der Waals surface area contributed by atoms with Crippen LogP contribution in [0.3, 0.4) is 0 Å². The van der Waals surface area contributed by atoms with E-state index in [0.717, 1.165) is 11.6 Å². The smallest absolute Gasteiger partial charge is 0.281 e. The Kier molecular flexibility index (Phi) is 5.11. The van der Waals surface area contributed by atoms with Crippen molar-refractivity contribution in [3.63, 3.8) is 0 Å². The fourth-order valence-corrected chi connectivity index (χ4v) is 3.79. The highest BCUT2D eigenvalue weighted by Crippen LogP contribution is 2.15. The molecule has 9 heteroatoms. The number of aryl methyl sites for hydroxylation is 1. The minimum Gasteiger partial charge on any atom is -0.467 e. The Balaban J connectivity index is 1.91. The zero-order chi connectivity index (χ0) is 23.8. The molecule has 5 aromatic rings. The van der Waals surface area contributed by atoms with E-state index in [1.165, 1.54) is 39.5 Å². The highest BCUT2D eigenvalue weighted by molar-refractivity contribution is 5.95. The molecule has 0 aliphatic carbocycles. The molecule has 8 nitrogen and oxygen atoms in total. The number of benzene rings is 1. The lowest BCUT2D eigenvalue weighted by atomic mass is 10.2. The SMILES string of the molecule is Cc1cccn2c(=O)c3cc(C#N)c(=NC(=O)c4ccccc4F)n(Cc4ccco4)c3nc12. The summed E-state index contributed by atoms with van der Waals surface area (Å²) in [5.41, 5.74) is 0.703. The number of aromatic nitrogens is 3. The molecule has 1 amide bonds. The van der Waals surface area contributed by atoms with Gasteiger partial charge in [-0.15, -0.1) is 0 Å². The number of amides is 1. The molecule has 0 radical (unpaired) electrons. The van der Waals surface area contributed by atoms with Crippen LogP contribution < -0.4 is 11.0 Å². The quantitative estimate of drug-likeness (QED) is 0.390. The highest BCUT2D eigenvalue weighted by Gasteiger charge is 2.18. The molecule has 0 unspecified atom stereocenters. The second kappa shape index (κ2) is 8.26. The highest BCUT2D eigenvalue weighted by atomic mass is 19.1. The predicted octanol–water partition coefficient (Wildman–Crippen LogP) is 3.35. The zero-order valence-electron chi connectivity index (χ0n) is 17.9. The standard InChI is InChI=1S/C25H16FN5O3/c1-15-6-4-10-30-21(15)28-23-19(25(30)33)12-16(13-27)22(31(23)14-17-7-5-11-34-17)29-24(32)18-8-2-3-9-20(18)26/h2-12H,14H2,1H3. The third kappa shape index (κ3) is 3.47. The van der Waals surface area contributed by atoms with Crippen LogP contribution in [0.15, 0.2) is 81.3 Å². The number of rotatable bonds is 3. The molecular formula is C25H16FN5O3. The number of nitriles is 1. The predicted molar refractivity (Wildman–Crippen MR) is 121 cm³/mol. The van der Waals surface area contributed by atoms with Gasteiger partial charge in [0, 0.05) is 6.20 Å². The number of carbonyl (C=O) groups excluding carboxylic acids is 1. The van der Waals surface area contributed by atoms with Crippen LogP contribution in [0.25, 0.3) is 16.7 Å². The van der Waals surface area contributed by atoms with E-state index in [2.05, 4.69) is 9.98 Å². The van der Waals surface area contributed by atoms with Gasteiger partial charge in [0.1, 0.15) is 28.9 Å². The van der Waals surface area contributed by atoms with Crippen molar-refractivity contribution in [1.82, 2.24) is 14.0 Å². The topological polar surface area (TPSA) is 106 Å². The molecule has 34 heavy (non-hydrogen) atoms. The lowest BCUT2D eigenvalue weighted by molar-refractivity contribution is 0.0993. The molecule has 0 fully saturated rings. The maximum Gasteiger partial charge on any atom is 0.281 e. The minimum absolute atomic E-state index is 0.0322. The molecule has 0 atom stereocenters. The van der Waals surface area contributed by atoms with Crippen molar-refractivity contribution in [2.24, 2.45) is 4.99 Å². The number of hydrogen-bond donors (Lipinski definition) is 0. The third-order valence-corrected chi connectivity index (χ3v) is 5.43. The van der Waals surface area contributed by atoms with Crippen LogP contribution in [0.4, 0.5) is 4.39 Å². The van der Waals surface area contributed by atoms with Crippen LogP contribution in [0.2, 0.25) is 0 Å². The van der Waals surface area contributed by atoms with Crippen LogP contribution in [0, 0.1) is 24.1 Å². The molecule has 0 spiro atoms. The van der Waals surface area contributed by atoms with Crippen molar-refractivity contribution in [1.29, 1.82) is 5.26 Å². The van der Waals surface area contributed by atoms with Gasteiger partial charge in [0.05, 0.1) is 29.3 Å². The molecule has 1 aromatic carbocycles. The first-order chi connectivity index (χ1) is 16.5. The largest absolute Gasteiger partial charge is 0.467 e. The molecule has 0 N–H and O–H groups in total. The van der Waals surface area contributed by atoms with Crippen LogP contribution in [0.1, 0.15) is 27.2 Å². The Morgan fingerprint density at radius 1 is 1.18 bits per heavy atom. The summed E-state index contributed by atoms with van der Waals surface area (Å²) in [4.78, 5) is 35.0. The van der Waals surface area contributed by atoms with Gasteiger partial charge < -0.3 is 8.98 Å². The first-order valence-electron chi connectivity index (χ1n) is 10.3. The van der Waals surface area contributed by atoms with Gasteiger partial charge >= 0.3 is 0 Å². The number of halogens is 1. The normalized spacial score (nSPS) is 11.7. The molecule has 4 heterocycles. The Hall–Kier alpha value is -4.84. The van der Waals surface area contributed by atoms with E-state index in [9.17, 15) is 19.2 Å². The van der Waals surface area contributed by atoms with Crippen LogP contribution in [0.5, 0.6) is 0 Å². The maximum atomic E-state index is 14.2. The summed E-state index contributed by atoms with van der Waals surface area (Å²) in [5, 5.41) is 10.0. The van der Waals surface area contributed by atoms with Crippen LogP contribution in [-0.2, 0) is 6.54 Å². The molecule has 0 bridgehead atoms. The maximum absolute atomic E-state index is 14.2. The average Bonchev–Trinajstić information content (AvgIpc) is 3.35. The Morgan fingerprint density at radius 3 is 2.74 bits per heavy atom. The number of furan rings is 1. The Bertz CT molecular complexity index is 1760. The van der Waals surface area contributed by atoms with Crippen molar-refractivity contribution < 1.29 is 13.6 Å². The van der Waals surface area contributed by atoms with E-state index in [1.807, 2.05) is 19.1 Å². The summed E-state index contributed by atoms with van der Waals surface area (Å²) in [5.74, 6) is -1.11. The summed E-state index contributed by atoms with van der Waals surface area (Å²) >= 11 is 0. The molecular weight excluding hydrogens is 437 g/mol. The van der Waals surface area contributed by atoms with E-state index in [-0.39, 0.29) is 39.8 Å². The van der Waals surface area contributed by atoms with Gasteiger partial charge in [-0.3, -0.25) is 14.0 Å². The molecule has 0 saturated heterocycles. The number of nitrogens with zero attached hydrogens (tertiary/aromatic N) is 5. The number of pyridine rings is 2. The number of hydrogen-bond acceptors (Lipinski definition) is 5. The van der Waals surface area contributed by atoms with E-state index in [4.69, 9.17) is 4.42 Å². The molecule has 0 aliphatic heterocycles. The van der Waals surface area contributed by atoms with Gasteiger partial charge in [-0.05, 0) is 48.9 Å². The summed E-state index contributed by atoms with van der Waals surface area (Å²) in [6.45, 7) is 1.86. The number of carbonyl (C=O) groups is 1. The molecule has 166 valence electrons. The zero-order valence-corrected chi connectivity index (χ0v) is 17.9. The lowest BCUT2D eigenvalue weighted by Crippen LogP contribution is -2.30. The van der Waals surface area contributed by atoms with Gasteiger partial charge in [0.2, 0.25) is 0 Å². The first-order valence-corrected chi connectivity index (χ1v) is 10.3. The fourth-order valence-electron chi connectivity index (χ4n) is 3.79. The van der Waals surface area contributed by atoms with Crippen LogP contribution >= 0.6 is 0 Å². The average molecular weight is 453 g/mol. The summed E-state index contributed by atoms with van der Waals surface area (Å²) in [6, 6.07) is 15.8. The van der Waals surface area contributed by atoms with Crippen molar-refractivity contribution in [2.45, 2.75) is 13.5 Å². The van der Waals surface area contributed by atoms with Gasteiger partial charge in [-0.25, -0.2) is 9.37 Å². The van der Waals surface area contributed by atoms with E-state index in [1.54, 1.807) is 24.4 Å².